The maximum absolute atomic E-state index is 13.8. The number of hydrogen-bond donors (Lipinski definition) is 2. The Balaban J connectivity index is 1.28. The van der Waals surface area contributed by atoms with E-state index in [0.29, 0.717) is 17.5 Å². The summed E-state index contributed by atoms with van der Waals surface area (Å²) in [5.74, 6) is -6.58. The SMILES string of the molecule is O=C(N[C@H]1C[C@@H](Nc2cc(C(F)(F)F)nc3ccc(Cl)cc23)CN(C(=O)[C@@H]2CC2(F)F)C1)c1cn(CC(F)(F)F)nc1C1CC1. The van der Waals surface area contributed by atoms with E-state index in [-0.39, 0.29) is 58.3 Å². The number of likely N-dealkylation sites (tertiary alicyclic amines) is 1. The Morgan fingerprint density at radius 2 is 1.73 bits per heavy atom. The lowest BCUT2D eigenvalue weighted by Gasteiger charge is -2.39. The molecule has 0 radical (unpaired) electrons. The van der Waals surface area contributed by atoms with E-state index < -0.39 is 66.8 Å². The number of carbonyl (C=O) groups is 2. The number of carbonyl (C=O) groups excluding carboxylic acids is 2. The van der Waals surface area contributed by atoms with Crippen LogP contribution in [0.5, 0.6) is 0 Å². The number of alkyl halides is 8. The highest BCUT2D eigenvalue weighted by Gasteiger charge is 2.62. The molecule has 0 spiro atoms. The predicted octanol–water partition coefficient (Wildman–Crippen LogP) is 6.01. The molecule has 0 unspecified atom stereocenters. The maximum Gasteiger partial charge on any atom is 0.433 e. The molecule has 3 fully saturated rings. The number of nitrogens with zero attached hydrogens (tertiary/aromatic N) is 4. The number of piperidine rings is 1. The minimum Gasteiger partial charge on any atom is -0.380 e. The number of fused-ring (bicyclic) bond motifs is 1. The maximum atomic E-state index is 13.8. The fourth-order valence-electron chi connectivity index (χ4n) is 5.67. The molecule has 2 aliphatic carbocycles. The van der Waals surface area contributed by atoms with Gasteiger partial charge in [0.05, 0.1) is 16.8 Å². The van der Waals surface area contributed by atoms with Gasteiger partial charge in [0.15, 0.2) is 0 Å². The predicted molar refractivity (Wildman–Crippen MR) is 145 cm³/mol. The van der Waals surface area contributed by atoms with E-state index in [2.05, 4.69) is 20.7 Å². The number of benzene rings is 1. The van der Waals surface area contributed by atoms with Crippen LogP contribution < -0.4 is 10.6 Å². The van der Waals surface area contributed by atoms with Gasteiger partial charge in [-0.15, -0.1) is 0 Å². The number of anilines is 1. The fraction of sp³-hybridized carbons (Fsp3) is 0.500. The van der Waals surface area contributed by atoms with E-state index in [4.69, 9.17) is 11.6 Å². The lowest BCUT2D eigenvalue weighted by molar-refractivity contribution is -0.143. The summed E-state index contributed by atoms with van der Waals surface area (Å²) in [6.45, 7) is -1.76. The molecule has 8 nitrogen and oxygen atoms in total. The Labute approximate surface area is 255 Å². The smallest absolute Gasteiger partial charge is 0.380 e. The first kappa shape index (κ1) is 31.3. The standard InChI is InChI=1S/C28H25ClF8N6O2/c29-14-3-4-20-17(5-14)21(7-22(40-20)28(35,36)37)38-15-6-16(10-42(9-15)25(45)19-8-26(19,30)31)39-24(44)18-11-43(12-27(32,33)34)41-23(18)13-1-2-13/h3-5,7,11,13,15-16,19H,1-2,6,8-10,12H2,(H,38,40)(H,39,44)/t15-,16+,19+/m1/s1. The third-order valence-corrected chi connectivity index (χ3v) is 8.22. The van der Waals surface area contributed by atoms with Crippen molar-refractivity contribution in [2.45, 2.75) is 68.5 Å². The third kappa shape index (κ3) is 6.94. The highest BCUT2D eigenvalue weighted by molar-refractivity contribution is 6.31. The van der Waals surface area contributed by atoms with Crippen molar-refractivity contribution in [2.75, 3.05) is 18.4 Å². The minimum absolute atomic E-state index is 0.0218. The molecule has 0 bridgehead atoms. The van der Waals surface area contributed by atoms with Crippen molar-refractivity contribution >= 4 is 40.0 Å². The highest BCUT2D eigenvalue weighted by Crippen LogP contribution is 2.50. The van der Waals surface area contributed by atoms with Gasteiger partial charge in [-0.3, -0.25) is 14.3 Å². The Kier molecular flexibility index (Phi) is 7.64. The van der Waals surface area contributed by atoms with Crippen LogP contribution in [0.1, 0.15) is 53.3 Å². The van der Waals surface area contributed by atoms with Gasteiger partial charge in [0.2, 0.25) is 5.91 Å². The monoisotopic (exact) mass is 664 g/mol. The molecule has 2 saturated carbocycles. The van der Waals surface area contributed by atoms with Gasteiger partial charge in [0.25, 0.3) is 11.8 Å². The van der Waals surface area contributed by atoms with E-state index >= 15 is 0 Å². The molecule has 3 atom stereocenters. The summed E-state index contributed by atoms with van der Waals surface area (Å²) >= 11 is 6.09. The molecule has 1 aromatic carbocycles. The van der Waals surface area contributed by atoms with Crippen molar-refractivity contribution in [3.8, 4) is 0 Å². The second kappa shape index (κ2) is 11.0. The highest BCUT2D eigenvalue weighted by atomic mass is 35.5. The molecular weight excluding hydrogens is 640 g/mol. The van der Waals surface area contributed by atoms with E-state index in [1.165, 1.54) is 18.2 Å². The first-order valence-electron chi connectivity index (χ1n) is 14.0. The van der Waals surface area contributed by atoms with Crippen LogP contribution in [0.2, 0.25) is 5.02 Å². The Morgan fingerprint density at radius 1 is 1.04 bits per heavy atom. The summed E-state index contributed by atoms with van der Waals surface area (Å²) in [7, 11) is 0. The van der Waals surface area contributed by atoms with Crippen molar-refractivity contribution in [3.05, 3.63) is 52.4 Å². The molecule has 2 amide bonds. The van der Waals surface area contributed by atoms with E-state index in [0.717, 1.165) is 17.2 Å². The quantitative estimate of drug-likeness (QED) is 0.302. The van der Waals surface area contributed by atoms with Crippen LogP contribution in [0.3, 0.4) is 0 Å². The first-order valence-corrected chi connectivity index (χ1v) is 14.4. The number of pyridine rings is 1. The average Bonchev–Trinajstić information content (AvgIpc) is 3.84. The number of amides is 2. The van der Waals surface area contributed by atoms with Crippen LogP contribution in [-0.4, -0.2) is 68.8 Å². The van der Waals surface area contributed by atoms with Gasteiger partial charge < -0.3 is 15.5 Å². The Morgan fingerprint density at radius 3 is 2.36 bits per heavy atom. The van der Waals surface area contributed by atoms with Crippen molar-refractivity contribution in [1.29, 1.82) is 0 Å². The van der Waals surface area contributed by atoms with E-state index in [1.807, 2.05) is 0 Å². The zero-order valence-corrected chi connectivity index (χ0v) is 23.9. The molecule has 3 heterocycles. The number of rotatable bonds is 7. The first-order chi connectivity index (χ1) is 21.0. The van der Waals surface area contributed by atoms with Crippen molar-refractivity contribution in [3.63, 3.8) is 0 Å². The van der Waals surface area contributed by atoms with Crippen LogP contribution >= 0.6 is 11.6 Å². The Bertz CT molecular complexity index is 1650. The topological polar surface area (TPSA) is 92.2 Å². The summed E-state index contributed by atoms with van der Waals surface area (Å²) in [6.07, 6.45) is -7.72. The summed E-state index contributed by atoms with van der Waals surface area (Å²) in [6, 6.07) is 3.14. The average molecular weight is 665 g/mol. The second-order valence-corrected chi connectivity index (χ2v) is 12.2. The molecule has 3 aliphatic rings. The lowest BCUT2D eigenvalue weighted by atomic mass is 9.98. The molecule has 17 heteroatoms. The number of halogens is 9. The van der Waals surface area contributed by atoms with Crippen LogP contribution in [-0.2, 0) is 17.5 Å². The zero-order chi connectivity index (χ0) is 32.5. The van der Waals surface area contributed by atoms with E-state index in [9.17, 15) is 44.7 Å². The van der Waals surface area contributed by atoms with Gasteiger partial charge in [-0.2, -0.15) is 31.4 Å². The van der Waals surface area contributed by atoms with Gasteiger partial charge >= 0.3 is 12.4 Å². The van der Waals surface area contributed by atoms with E-state index in [1.54, 1.807) is 0 Å². The van der Waals surface area contributed by atoms with Crippen molar-refractivity contribution < 1.29 is 44.7 Å². The van der Waals surface area contributed by atoms with Crippen LogP contribution in [0.15, 0.2) is 30.5 Å². The zero-order valence-electron chi connectivity index (χ0n) is 23.2. The molecule has 2 N–H and O–H groups in total. The summed E-state index contributed by atoms with van der Waals surface area (Å²) in [5, 5.41) is 10.1. The molecule has 242 valence electrons. The normalized spacial score (nSPS) is 23.2. The van der Waals surface area contributed by atoms with Crippen LogP contribution in [0.25, 0.3) is 10.9 Å². The van der Waals surface area contributed by atoms with Gasteiger partial charge in [-0.1, -0.05) is 11.6 Å². The molecule has 3 aromatic rings. The summed E-state index contributed by atoms with van der Waals surface area (Å²) < 4.78 is 108. The molecule has 45 heavy (non-hydrogen) atoms. The molecule has 1 saturated heterocycles. The van der Waals surface area contributed by atoms with Crippen LogP contribution in [0, 0.1) is 5.92 Å². The molecular formula is C28H25ClF8N6O2. The van der Waals surface area contributed by atoms with Crippen molar-refractivity contribution in [1.82, 2.24) is 25.0 Å². The summed E-state index contributed by atoms with van der Waals surface area (Å²) in [5.41, 5.74) is -1.12. The number of aromatic nitrogens is 3. The molecule has 2 aromatic heterocycles. The van der Waals surface area contributed by atoms with Crippen molar-refractivity contribution in [2.24, 2.45) is 5.92 Å². The molecule has 1 aliphatic heterocycles. The van der Waals surface area contributed by atoms with Gasteiger partial charge in [-0.25, -0.2) is 13.8 Å². The third-order valence-electron chi connectivity index (χ3n) is 7.98. The largest absolute Gasteiger partial charge is 0.433 e. The molecule has 6 rings (SSSR count). The minimum atomic E-state index is -4.80. The van der Waals surface area contributed by atoms with Gasteiger partial charge in [0, 0.05) is 59.8 Å². The Hall–Kier alpha value is -3.69. The second-order valence-electron chi connectivity index (χ2n) is 11.7. The van der Waals surface area contributed by atoms with Gasteiger partial charge in [-0.05, 0) is 43.5 Å². The van der Waals surface area contributed by atoms with Gasteiger partial charge in [0.1, 0.15) is 18.2 Å². The number of nitrogens with one attached hydrogen (secondary N) is 2. The summed E-state index contributed by atoms with van der Waals surface area (Å²) in [4.78, 5) is 31.2. The number of hydrogen-bond acceptors (Lipinski definition) is 5. The fourth-order valence-corrected chi connectivity index (χ4v) is 5.84. The van der Waals surface area contributed by atoms with Crippen LogP contribution in [0.4, 0.5) is 40.8 Å². The lowest BCUT2D eigenvalue weighted by Crippen LogP contribution is -2.56.